The Hall–Kier alpha value is -3.64. The fraction of sp³-hybridized carbons (Fsp3) is 0.375. The van der Waals surface area contributed by atoms with Gasteiger partial charge in [0, 0.05) is 41.9 Å². The number of morpholine rings is 1. The van der Waals surface area contributed by atoms with Crippen molar-refractivity contribution in [2.75, 3.05) is 33.4 Å². The first-order chi connectivity index (χ1) is 18.7. The molecule has 3 heterocycles. The van der Waals surface area contributed by atoms with Gasteiger partial charge in [0.25, 0.3) is 0 Å². The molecule has 0 N–H and O–H groups in total. The quantitative estimate of drug-likeness (QED) is 0.307. The zero-order valence-electron chi connectivity index (χ0n) is 22.1. The molecule has 2 aromatic heterocycles. The molecule has 6 heteroatoms. The van der Waals surface area contributed by atoms with E-state index in [-0.39, 0.29) is 5.91 Å². The fourth-order valence-electron chi connectivity index (χ4n) is 6.24. The van der Waals surface area contributed by atoms with Crippen LogP contribution >= 0.6 is 0 Å². The Morgan fingerprint density at radius 3 is 2.47 bits per heavy atom. The third kappa shape index (κ3) is 4.69. The van der Waals surface area contributed by atoms with Crippen molar-refractivity contribution in [2.24, 2.45) is 0 Å². The lowest BCUT2D eigenvalue weighted by Gasteiger charge is -2.28. The van der Waals surface area contributed by atoms with Crippen LogP contribution in [0.5, 0.6) is 5.75 Å². The Balaban J connectivity index is 1.47. The molecule has 2 fully saturated rings. The number of amides is 1. The summed E-state index contributed by atoms with van der Waals surface area (Å²) in [5.74, 6) is 1.46. The van der Waals surface area contributed by atoms with E-state index in [1.54, 1.807) is 13.3 Å². The normalized spacial score (nSPS) is 16.6. The number of para-hydroxylation sites is 1. The summed E-state index contributed by atoms with van der Waals surface area (Å²) in [5.41, 5.74) is 6.90. The second-order valence-corrected chi connectivity index (χ2v) is 10.3. The highest BCUT2D eigenvalue weighted by atomic mass is 16.5. The van der Waals surface area contributed by atoms with E-state index < -0.39 is 0 Å². The van der Waals surface area contributed by atoms with Crippen molar-refractivity contribution in [3.8, 4) is 28.1 Å². The Bertz CT molecular complexity index is 1410. The van der Waals surface area contributed by atoms with Crippen molar-refractivity contribution >= 4 is 16.8 Å². The van der Waals surface area contributed by atoms with Gasteiger partial charge >= 0.3 is 0 Å². The van der Waals surface area contributed by atoms with Gasteiger partial charge in [-0.2, -0.15) is 0 Å². The summed E-state index contributed by atoms with van der Waals surface area (Å²) in [7, 11) is 1.69. The smallest absolute Gasteiger partial charge is 0.242 e. The zero-order chi connectivity index (χ0) is 25.9. The Labute approximate surface area is 224 Å². The Morgan fingerprint density at radius 2 is 1.71 bits per heavy atom. The number of carbonyl (C=O) groups excluding carboxylic acids is 1. The standard InChI is InChI=1S/C32H35N3O3/c1-37-29-15-16-33-21-27(29)23-11-13-25(14-12-23)32-31(24-7-3-2-4-8-24)26-9-5-6-10-28(26)35(32)22-30(36)34-17-19-38-20-18-34/h5-6,9-16,21,24H,2-4,7-8,17-20,22H2,1H3. The van der Waals surface area contributed by atoms with Crippen molar-refractivity contribution in [1.82, 2.24) is 14.5 Å². The van der Waals surface area contributed by atoms with Crippen LogP contribution in [0.2, 0.25) is 0 Å². The second kappa shape index (κ2) is 11.0. The molecule has 1 aliphatic heterocycles. The largest absolute Gasteiger partial charge is 0.496 e. The molecule has 0 radical (unpaired) electrons. The Kier molecular flexibility index (Phi) is 7.14. The van der Waals surface area contributed by atoms with Crippen molar-refractivity contribution in [3.63, 3.8) is 0 Å². The number of hydrogen-bond donors (Lipinski definition) is 0. The van der Waals surface area contributed by atoms with Crippen LogP contribution in [0.4, 0.5) is 0 Å². The summed E-state index contributed by atoms with van der Waals surface area (Å²) >= 11 is 0. The molecule has 196 valence electrons. The van der Waals surface area contributed by atoms with E-state index in [2.05, 4.69) is 58.1 Å². The van der Waals surface area contributed by atoms with E-state index in [0.717, 1.165) is 28.0 Å². The number of nitrogens with zero attached hydrogens (tertiary/aromatic N) is 3. The second-order valence-electron chi connectivity index (χ2n) is 10.3. The monoisotopic (exact) mass is 509 g/mol. The lowest BCUT2D eigenvalue weighted by Crippen LogP contribution is -2.42. The maximum absolute atomic E-state index is 13.5. The molecular formula is C32H35N3O3. The molecule has 1 amide bonds. The van der Waals surface area contributed by atoms with Crippen LogP contribution < -0.4 is 4.74 Å². The van der Waals surface area contributed by atoms with E-state index in [9.17, 15) is 4.79 Å². The molecule has 1 saturated carbocycles. The summed E-state index contributed by atoms with van der Waals surface area (Å²) in [6, 6.07) is 19.2. The number of fused-ring (bicyclic) bond motifs is 1. The number of aromatic nitrogens is 2. The Morgan fingerprint density at radius 1 is 0.974 bits per heavy atom. The predicted octanol–water partition coefficient (Wildman–Crippen LogP) is 6.29. The summed E-state index contributed by atoms with van der Waals surface area (Å²) in [6.07, 6.45) is 9.82. The molecule has 1 saturated heterocycles. The first-order valence-corrected chi connectivity index (χ1v) is 13.8. The molecule has 6 nitrogen and oxygen atoms in total. The number of benzene rings is 2. The molecule has 6 rings (SSSR count). The van der Waals surface area contributed by atoms with Crippen LogP contribution in [0.3, 0.4) is 0 Å². The highest BCUT2D eigenvalue weighted by Gasteiger charge is 2.28. The van der Waals surface area contributed by atoms with Gasteiger partial charge in [-0.3, -0.25) is 9.78 Å². The fourth-order valence-corrected chi connectivity index (χ4v) is 6.24. The van der Waals surface area contributed by atoms with Gasteiger partial charge in [0.2, 0.25) is 5.91 Å². The molecule has 0 unspecified atom stereocenters. The molecule has 0 spiro atoms. The first kappa shape index (κ1) is 24.7. The molecule has 38 heavy (non-hydrogen) atoms. The average Bonchev–Trinajstić information content (AvgIpc) is 3.32. The van der Waals surface area contributed by atoms with Crippen molar-refractivity contribution in [3.05, 3.63) is 72.6 Å². The van der Waals surface area contributed by atoms with Crippen LogP contribution in [0, 0.1) is 0 Å². The SMILES string of the molecule is COc1ccncc1-c1ccc(-c2c(C3CCCCC3)c3ccccc3n2CC(=O)N2CCOCC2)cc1. The van der Waals surface area contributed by atoms with Gasteiger partial charge in [0.1, 0.15) is 12.3 Å². The van der Waals surface area contributed by atoms with Gasteiger partial charge in [-0.25, -0.2) is 0 Å². The maximum atomic E-state index is 13.5. The highest BCUT2D eigenvalue weighted by molar-refractivity contribution is 5.94. The van der Waals surface area contributed by atoms with E-state index in [1.165, 1.54) is 48.7 Å². The number of carbonyl (C=O) groups is 1. The van der Waals surface area contributed by atoms with Crippen molar-refractivity contribution < 1.29 is 14.3 Å². The molecule has 0 atom stereocenters. The minimum Gasteiger partial charge on any atom is -0.496 e. The van der Waals surface area contributed by atoms with Gasteiger partial charge in [0.15, 0.2) is 0 Å². The number of methoxy groups -OCH3 is 1. The van der Waals surface area contributed by atoms with Crippen LogP contribution in [0.1, 0.15) is 43.6 Å². The molecule has 2 aromatic carbocycles. The van der Waals surface area contributed by atoms with Gasteiger partial charge in [-0.15, -0.1) is 0 Å². The van der Waals surface area contributed by atoms with Crippen LogP contribution in [-0.4, -0.2) is 53.8 Å². The maximum Gasteiger partial charge on any atom is 0.242 e. The molecule has 1 aliphatic carbocycles. The van der Waals surface area contributed by atoms with Gasteiger partial charge in [0.05, 0.1) is 26.0 Å². The number of rotatable bonds is 6. The zero-order valence-corrected chi connectivity index (χ0v) is 22.1. The molecule has 4 aromatic rings. The van der Waals surface area contributed by atoms with Crippen molar-refractivity contribution in [2.45, 2.75) is 44.6 Å². The first-order valence-electron chi connectivity index (χ1n) is 13.8. The summed E-state index contributed by atoms with van der Waals surface area (Å²) in [6.45, 7) is 2.87. The van der Waals surface area contributed by atoms with Crippen LogP contribution in [0.15, 0.2) is 67.0 Å². The number of ether oxygens (including phenoxy) is 2. The number of pyridine rings is 1. The van der Waals surface area contributed by atoms with E-state index >= 15 is 0 Å². The molecule has 2 aliphatic rings. The lowest BCUT2D eigenvalue weighted by atomic mass is 9.82. The summed E-state index contributed by atoms with van der Waals surface area (Å²) in [4.78, 5) is 19.8. The van der Waals surface area contributed by atoms with Gasteiger partial charge < -0.3 is 18.9 Å². The predicted molar refractivity (Wildman–Crippen MR) is 150 cm³/mol. The van der Waals surface area contributed by atoms with Gasteiger partial charge in [-0.1, -0.05) is 61.7 Å². The van der Waals surface area contributed by atoms with Gasteiger partial charge in [-0.05, 0) is 47.6 Å². The van der Waals surface area contributed by atoms with E-state index in [4.69, 9.17) is 9.47 Å². The third-order valence-electron chi connectivity index (χ3n) is 8.15. The minimum atomic E-state index is 0.155. The molecular weight excluding hydrogens is 474 g/mol. The topological polar surface area (TPSA) is 56.6 Å². The van der Waals surface area contributed by atoms with Crippen LogP contribution in [-0.2, 0) is 16.1 Å². The van der Waals surface area contributed by atoms with E-state index in [0.29, 0.717) is 38.8 Å². The third-order valence-corrected chi connectivity index (χ3v) is 8.15. The van der Waals surface area contributed by atoms with E-state index in [1.807, 2.05) is 17.2 Å². The molecule has 0 bridgehead atoms. The van der Waals surface area contributed by atoms with Crippen molar-refractivity contribution in [1.29, 1.82) is 0 Å². The number of hydrogen-bond acceptors (Lipinski definition) is 4. The summed E-state index contributed by atoms with van der Waals surface area (Å²) < 4.78 is 13.3. The summed E-state index contributed by atoms with van der Waals surface area (Å²) in [5, 5.41) is 1.28. The van der Waals surface area contributed by atoms with Crippen LogP contribution in [0.25, 0.3) is 33.3 Å². The average molecular weight is 510 g/mol. The highest BCUT2D eigenvalue weighted by Crippen LogP contribution is 2.44. The lowest BCUT2D eigenvalue weighted by molar-refractivity contribution is -0.135. The minimum absolute atomic E-state index is 0.155.